The summed E-state index contributed by atoms with van der Waals surface area (Å²) < 4.78 is 2.59. The van der Waals surface area contributed by atoms with Gasteiger partial charge in [-0.25, -0.2) is 9.78 Å². The molecule has 0 bridgehead atoms. The Bertz CT molecular complexity index is 524. The number of pyridine rings is 1. The molecule has 2 aromatic heterocycles. The van der Waals surface area contributed by atoms with Gasteiger partial charge in [0.1, 0.15) is 0 Å². The third-order valence-corrected chi connectivity index (χ3v) is 2.41. The molecule has 82 valence electrons. The highest BCUT2D eigenvalue weighted by atomic mass is 79.9. The second-order valence-electron chi connectivity index (χ2n) is 3.25. The van der Waals surface area contributed by atoms with Crippen molar-refractivity contribution in [2.75, 3.05) is 0 Å². The fourth-order valence-corrected chi connectivity index (χ4v) is 1.72. The van der Waals surface area contributed by atoms with Gasteiger partial charge in [0.05, 0.1) is 12.9 Å². The van der Waals surface area contributed by atoms with E-state index in [2.05, 4.69) is 25.9 Å². The summed E-state index contributed by atoms with van der Waals surface area (Å²) >= 11 is 3.32. The summed E-state index contributed by atoms with van der Waals surface area (Å²) in [5.74, 6) is -1.02. The van der Waals surface area contributed by atoms with Crippen LogP contribution in [-0.2, 0) is 6.54 Å². The Hall–Kier alpha value is -1.69. The van der Waals surface area contributed by atoms with Gasteiger partial charge in [-0.3, -0.25) is 4.98 Å². The van der Waals surface area contributed by atoms with Crippen LogP contribution in [-0.4, -0.2) is 25.6 Å². The topological polar surface area (TPSA) is 68.0 Å². The molecule has 0 aliphatic rings. The highest BCUT2D eigenvalue weighted by molar-refractivity contribution is 9.10. The number of hydrogen-bond donors (Lipinski definition) is 1. The highest BCUT2D eigenvalue weighted by Crippen LogP contribution is 2.11. The Morgan fingerprint density at radius 1 is 1.50 bits per heavy atom. The maximum atomic E-state index is 10.6. The molecule has 16 heavy (non-hydrogen) atoms. The molecule has 0 amide bonds. The van der Waals surface area contributed by atoms with Gasteiger partial charge in [-0.1, -0.05) is 0 Å². The van der Waals surface area contributed by atoms with Crippen molar-refractivity contribution in [2.45, 2.75) is 6.54 Å². The summed E-state index contributed by atoms with van der Waals surface area (Å²) in [5, 5.41) is 8.71. The van der Waals surface area contributed by atoms with Gasteiger partial charge in [0.2, 0.25) is 0 Å². The fourth-order valence-electron chi connectivity index (χ4n) is 1.31. The van der Waals surface area contributed by atoms with Gasteiger partial charge in [-0.15, -0.1) is 0 Å². The van der Waals surface area contributed by atoms with Crippen LogP contribution in [0.25, 0.3) is 0 Å². The van der Waals surface area contributed by atoms with Crippen LogP contribution in [0.5, 0.6) is 0 Å². The van der Waals surface area contributed by atoms with Gasteiger partial charge >= 0.3 is 5.97 Å². The van der Waals surface area contributed by atoms with Crippen molar-refractivity contribution in [1.29, 1.82) is 0 Å². The zero-order valence-corrected chi connectivity index (χ0v) is 9.75. The molecule has 1 N–H and O–H groups in total. The Kier molecular flexibility index (Phi) is 3.00. The number of aromatic carboxylic acids is 1. The van der Waals surface area contributed by atoms with Crippen molar-refractivity contribution in [2.24, 2.45) is 0 Å². The number of carboxylic acids is 1. The smallest absolute Gasteiger partial charge is 0.356 e. The van der Waals surface area contributed by atoms with Crippen molar-refractivity contribution in [1.82, 2.24) is 14.5 Å². The third-order valence-electron chi connectivity index (χ3n) is 1.98. The lowest BCUT2D eigenvalue weighted by Gasteiger charge is -2.01. The molecule has 0 saturated carbocycles. The predicted octanol–water partition coefficient (Wildman–Crippen LogP) is 1.79. The SMILES string of the molecule is O=C(O)c1cn(Cc2cncc(Br)c2)cn1. The predicted molar refractivity (Wildman–Crippen MR) is 60.2 cm³/mol. The number of carbonyl (C=O) groups is 1. The maximum absolute atomic E-state index is 10.6. The van der Waals surface area contributed by atoms with E-state index in [9.17, 15) is 4.79 Å². The largest absolute Gasteiger partial charge is 0.476 e. The van der Waals surface area contributed by atoms with Crippen LogP contribution >= 0.6 is 15.9 Å². The monoisotopic (exact) mass is 281 g/mol. The summed E-state index contributed by atoms with van der Waals surface area (Å²) in [6, 6.07) is 1.92. The van der Waals surface area contributed by atoms with Gasteiger partial charge in [-0.05, 0) is 27.6 Å². The van der Waals surface area contributed by atoms with Gasteiger partial charge in [-0.2, -0.15) is 0 Å². The Morgan fingerprint density at radius 3 is 2.94 bits per heavy atom. The molecule has 5 nitrogen and oxygen atoms in total. The van der Waals surface area contributed by atoms with E-state index in [-0.39, 0.29) is 5.69 Å². The maximum Gasteiger partial charge on any atom is 0.356 e. The Labute approximate surface area is 99.9 Å². The number of rotatable bonds is 3. The summed E-state index contributed by atoms with van der Waals surface area (Å²) in [6.45, 7) is 0.548. The van der Waals surface area contributed by atoms with Crippen LogP contribution in [0.2, 0.25) is 0 Å². The second-order valence-corrected chi connectivity index (χ2v) is 4.16. The van der Waals surface area contributed by atoms with Crippen LogP contribution in [0.4, 0.5) is 0 Å². The van der Waals surface area contributed by atoms with Crippen molar-refractivity contribution < 1.29 is 9.90 Å². The van der Waals surface area contributed by atoms with E-state index in [1.165, 1.54) is 12.5 Å². The first-order chi connectivity index (χ1) is 7.65. The Morgan fingerprint density at radius 2 is 2.31 bits per heavy atom. The number of aromatic nitrogens is 3. The quantitative estimate of drug-likeness (QED) is 0.931. The summed E-state index contributed by atoms with van der Waals surface area (Å²) in [7, 11) is 0. The lowest BCUT2D eigenvalue weighted by atomic mass is 10.3. The van der Waals surface area contributed by atoms with E-state index in [4.69, 9.17) is 5.11 Å². The normalized spacial score (nSPS) is 10.3. The van der Waals surface area contributed by atoms with Gasteiger partial charge in [0.25, 0.3) is 0 Å². The van der Waals surface area contributed by atoms with Crippen LogP contribution in [0, 0.1) is 0 Å². The Balaban J connectivity index is 2.17. The summed E-state index contributed by atoms with van der Waals surface area (Å²) in [4.78, 5) is 18.4. The molecule has 0 aliphatic carbocycles. The fraction of sp³-hybridized carbons (Fsp3) is 0.100. The van der Waals surface area contributed by atoms with E-state index < -0.39 is 5.97 Å². The molecule has 0 aliphatic heterocycles. The molecular formula is C10H8BrN3O2. The minimum Gasteiger partial charge on any atom is -0.476 e. The van der Waals surface area contributed by atoms with Gasteiger partial charge in [0, 0.05) is 23.1 Å². The molecule has 0 saturated heterocycles. The van der Waals surface area contributed by atoms with Crippen LogP contribution in [0.15, 0.2) is 35.5 Å². The minimum absolute atomic E-state index is 0.0444. The molecule has 0 unspecified atom stereocenters. The lowest BCUT2D eigenvalue weighted by molar-refractivity contribution is 0.0691. The summed E-state index contributed by atoms with van der Waals surface area (Å²) in [5.41, 5.74) is 1.02. The lowest BCUT2D eigenvalue weighted by Crippen LogP contribution is -1.98. The highest BCUT2D eigenvalue weighted by Gasteiger charge is 2.06. The number of imidazole rings is 1. The molecule has 0 aromatic carbocycles. The van der Waals surface area contributed by atoms with Gasteiger partial charge in [0.15, 0.2) is 5.69 Å². The standard InChI is InChI=1S/C10H8BrN3O2/c11-8-1-7(2-12-3-8)4-14-5-9(10(15)16)13-6-14/h1-3,5-6H,4H2,(H,15,16). The van der Waals surface area contributed by atoms with E-state index >= 15 is 0 Å². The zero-order valence-electron chi connectivity index (χ0n) is 8.17. The van der Waals surface area contributed by atoms with E-state index in [1.807, 2.05) is 6.07 Å². The molecule has 0 atom stereocenters. The van der Waals surface area contributed by atoms with Crippen molar-refractivity contribution in [3.8, 4) is 0 Å². The number of nitrogens with zero attached hydrogens (tertiary/aromatic N) is 3. The van der Waals surface area contributed by atoms with Crippen molar-refractivity contribution in [3.05, 3.63) is 46.7 Å². The van der Waals surface area contributed by atoms with Crippen molar-refractivity contribution in [3.63, 3.8) is 0 Å². The van der Waals surface area contributed by atoms with E-state index in [0.717, 1.165) is 10.0 Å². The molecule has 2 aromatic rings. The first-order valence-electron chi connectivity index (χ1n) is 4.49. The van der Waals surface area contributed by atoms with Crippen LogP contribution in [0.3, 0.4) is 0 Å². The molecule has 0 radical (unpaired) electrons. The third kappa shape index (κ3) is 2.46. The zero-order chi connectivity index (χ0) is 11.5. The van der Waals surface area contributed by atoms with E-state index in [1.54, 1.807) is 17.0 Å². The number of halogens is 1. The first-order valence-corrected chi connectivity index (χ1v) is 5.29. The van der Waals surface area contributed by atoms with Crippen LogP contribution in [0.1, 0.15) is 16.1 Å². The average molecular weight is 282 g/mol. The molecule has 2 rings (SSSR count). The summed E-state index contributed by atoms with van der Waals surface area (Å²) in [6.07, 6.45) is 6.40. The average Bonchev–Trinajstić information content (AvgIpc) is 2.66. The van der Waals surface area contributed by atoms with Crippen molar-refractivity contribution >= 4 is 21.9 Å². The molecule has 2 heterocycles. The molecular weight excluding hydrogens is 274 g/mol. The molecule has 0 spiro atoms. The second kappa shape index (κ2) is 4.44. The van der Waals surface area contributed by atoms with Crippen LogP contribution < -0.4 is 0 Å². The molecule has 0 fully saturated rings. The number of hydrogen-bond acceptors (Lipinski definition) is 3. The first kappa shape index (κ1) is 10.8. The minimum atomic E-state index is -1.02. The number of carboxylic acid groups (broad SMARTS) is 1. The molecule has 6 heteroatoms. The van der Waals surface area contributed by atoms with E-state index in [0.29, 0.717) is 6.54 Å². The van der Waals surface area contributed by atoms with Gasteiger partial charge < -0.3 is 9.67 Å².